The van der Waals surface area contributed by atoms with Gasteiger partial charge >= 0.3 is 12.1 Å². The number of ether oxygens (including phenoxy) is 1. The number of rotatable bonds is 9. The number of alkyl halides is 3. The van der Waals surface area contributed by atoms with E-state index in [-0.39, 0.29) is 33.4 Å². The zero-order chi connectivity index (χ0) is 32.3. The van der Waals surface area contributed by atoms with Crippen LogP contribution in [0.3, 0.4) is 0 Å². The number of likely N-dealkylation sites (tertiary alicyclic amines) is 1. The van der Waals surface area contributed by atoms with E-state index in [2.05, 4.69) is 37.0 Å². The number of aromatic nitrogens is 3. The number of thiazole rings is 1. The lowest BCUT2D eigenvalue weighted by molar-refractivity contribution is -0.149. The van der Waals surface area contributed by atoms with Gasteiger partial charge in [0.25, 0.3) is 5.91 Å². The highest BCUT2D eigenvalue weighted by atomic mass is 35.5. The number of carbonyl (C=O) groups excluding carboxylic acids is 2. The molecule has 2 atom stereocenters. The van der Waals surface area contributed by atoms with Crippen molar-refractivity contribution in [3.8, 4) is 11.3 Å². The van der Waals surface area contributed by atoms with Crippen LogP contribution in [-0.4, -0.2) is 88.0 Å². The smallest absolute Gasteiger partial charge is 0.416 e. The lowest BCUT2D eigenvalue weighted by Crippen LogP contribution is -2.52. The van der Waals surface area contributed by atoms with Crippen LogP contribution in [0.2, 0.25) is 5.02 Å². The van der Waals surface area contributed by atoms with Crippen molar-refractivity contribution in [1.29, 1.82) is 0 Å². The lowest BCUT2D eigenvalue weighted by atomic mass is 10.1. The highest BCUT2D eigenvalue weighted by molar-refractivity contribution is 7.16. The molecule has 2 saturated heterocycles. The van der Waals surface area contributed by atoms with E-state index in [1.807, 2.05) is 11.8 Å². The maximum Gasteiger partial charge on any atom is 0.416 e. The molecular weight excluding hydrogens is 631 g/mol. The summed E-state index contributed by atoms with van der Waals surface area (Å²) >= 11 is 7.31. The van der Waals surface area contributed by atoms with Crippen molar-refractivity contribution in [2.24, 2.45) is 0 Å². The second-order valence-electron chi connectivity index (χ2n) is 11.1. The van der Waals surface area contributed by atoms with Crippen LogP contribution in [0, 0.1) is 0 Å². The summed E-state index contributed by atoms with van der Waals surface area (Å²) in [6.45, 7) is 9.96. The molecule has 2 aliphatic rings. The van der Waals surface area contributed by atoms with Crippen LogP contribution >= 0.6 is 22.9 Å². The average Bonchev–Trinajstić information content (AvgIpc) is 3.61. The number of carbonyl (C=O) groups is 2. The highest BCUT2D eigenvalue weighted by Crippen LogP contribution is 2.39. The monoisotopic (exact) mass is 665 g/mol. The molecule has 0 saturated carbocycles. The number of amides is 1. The van der Waals surface area contributed by atoms with Crippen LogP contribution in [0.4, 0.5) is 24.1 Å². The third kappa shape index (κ3) is 7.91. The van der Waals surface area contributed by atoms with Crippen LogP contribution in [0.15, 0.2) is 30.6 Å². The molecule has 2 aliphatic heterocycles. The average molecular weight is 666 g/mol. The van der Waals surface area contributed by atoms with Gasteiger partial charge in [-0.1, -0.05) is 22.9 Å². The summed E-state index contributed by atoms with van der Waals surface area (Å²) in [5, 5.41) is 2.94. The second-order valence-corrected chi connectivity index (χ2v) is 12.7. The Morgan fingerprint density at radius 3 is 2.51 bits per heavy atom. The van der Waals surface area contributed by atoms with Crippen molar-refractivity contribution < 1.29 is 27.5 Å². The summed E-state index contributed by atoms with van der Waals surface area (Å²) in [7, 11) is 0. The van der Waals surface area contributed by atoms with E-state index < -0.39 is 17.6 Å². The lowest BCUT2D eigenvalue weighted by Gasteiger charge is -2.37. The molecule has 1 unspecified atom stereocenters. The number of halogens is 4. The SMILES string of the molecule is CCOC(=O)C(C)N1CCN(c2cnc(C(=O)Nc3nc(-c4cc(Cl)cc(C(F)(F)F)c4)c(CN4CCC[C@H]4C)s3)cn2)CC1. The Kier molecular flexibility index (Phi) is 10.3. The number of piperazine rings is 1. The van der Waals surface area contributed by atoms with Crippen molar-refractivity contribution in [3.05, 3.63) is 51.7 Å². The number of benzene rings is 1. The molecule has 5 rings (SSSR count). The van der Waals surface area contributed by atoms with Crippen molar-refractivity contribution in [2.75, 3.05) is 49.5 Å². The van der Waals surface area contributed by atoms with Crippen molar-refractivity contribution in [1.82, 2.24) is 24.8 Å². The van der Waals surface area contributed by atoms with Gasteiger partial charge in [0, 0.05) is 54.2 Å². The summed E-state index contributed by atoms with van der Waals surface area (Å²) in [4.78, 5) is 45.6. The number of anilines is 2. The summed E-state index contributed by atoms with van der Waals surface area (Å²) in [6.07, 6.45) is 0.398. The van der Waals surface area contributed by atoms with Gasteiger partial charge in [-0.15, -0.1) is 0 Å². The van der Waals surface area contributed by atoms with Gasteiger partial charge in [-0.2, -0.15) is 13.2 Å². The van der Waals surface area contributed by atoms with Crippen molar-refractivity contribution >= 4 is 45.8 Å². The minimum absolute atomic E-state index is 0.0517. The number of hydrogen-bond acceptors (Lipinski definition) is 10. The molecule has 1 amide bonds. The first-order valence-electron chi connectivity index (χ1n) is 14.8. The molecule has 2 fully saturated rings. The zero-order valence-electron chi connectivity index (χ0n) is 25.2. The van der Waals surface area contributed by atoms with Gasteiger partial charge in [-0.25, -0.2) is 15.0 Å². The molecule has 3 aromatic rings. The standard InChI is InChI=1S/C30H35ClF3N7O3S/c1-4-44-28(43)19(3)39-8-10-40(11-9-39)25-16-35-23(15-36-25)27(42)38-29-37-26(24(45-29)17-41-7-5-6-18(41)2)20-12-21(30(32,33)34)14-22(31)13-20/h12-16,18-19H,4-11,17H2,1-3H3,(H,37,38,42)/t18-,19?/m1/s1. The fourth-order valence-corrected chi connectivity index (χ4v) is 6.79. The number of nitrogens with zero attached hydrogens (tertiary/aromatic N) is 6. The van der Waals surface area contributed by atoms with Gasteiger partial charge in [0.05, 0.1) is 30.3 Å². The van der Waals surface area contributed by atoms with Crippen LogP contribution in [0.25, 0.3) is 11.3 Å². The van der Waals surface area contributed by atoms with Gasteiger partial charge in [-0.05, 0) is 58.4 Å². The third-order valence-corrected chi connectivity index (χ3v) is 9.31. The Hall–Kier alpha value is -3.33. The Bertz CT molecular complexity index is 1510. The van der Waals surface area contributed by atoms with Gasteiger partial charge in [0.1, 0.15) is 17.6 Å². The highest BCUT2D eigenvalue weighted by Gasteiger charge is 2.32. The molecule has 0 spiro atoms. The molecule has 0 bridgehead atoms. The Morgan fingerprint density at radius 1 is 1.13 bits per heavy atom. The Labute approximate surface area is 268 Å². The van der Waals surface area contributed by atoms with E-state index in [0.29, 0.717) is 56.9 Å². The first-order valence-corrected chi connectivity index (χ1v) is 16.0. The molecule has 242 valence electrons. The zero-order valence-corrected chi connectivity index (χ0v) is 26.8. The Morgan fingerprint density at radius 2 is 1.89 bits per heavy atom. The molecule has 15 heteroatoms. The number of hydrogen-bond donors (Lipinski definition) is 1. The van der Waals surface area contributed by atoms with Crippen molar-refractivity contribution in [3.63, 3.8) is 0 Å². The molecule has 4 heterocycles. The fourth-order valence-electron chi connectivity index (χ4n) is 5.55. The molecule has 2 aromatic heterocycles. The van der Waals surface area contributed by atoms with Crippen LogP contribution in [-0.2, 0) is 22.3 Å². The van der Waals surface area contributed by atoms with E-state index in [1.54, 1.807) is 6.92 Å². The molecule has 1 aromatic carbocycles. The minimum atomic E-state index is -4.57. The van der Waals surface area contributed by atoms with Crippen LogP contribution in [0.5, 0.6) is 0 Å². The Balaban J connectivity index is 1.30. The molecule has 1 N–H and O–H groups in total. The second kappa shape index (κ2) is 14.0. The molecule has 45 heavy (non-hydrogen) atoms. The first kappa shape index (κ1) is 33.0. The maximum atomic E-state index is 13.6. The summed E-state index contributed by atoms with van der Waals surface area (Å²) in [5.74, 6) is -0.176. The van der Waals surface area contributed by atoms with E-state index >= 15 is 0 Å². The summed E-state index contributed by atoms with van der Waals surface area (Å²) in [6, 6.07) is 3.36. The molecule has 10 nitrogen and oxygen atoms in total. The normalized spacial score (nSPS) is 18.6. The summed E-state index contributed by atoms with van der Waals surface area (Å²) < 4.78 is 45.9. The fraction of sp³-hybridized carbons (Fsp3) is 0.500. The predicted octanol–water partition coefficient (Wildman–Crippen LogP) is 5.58. The quantitative estimate of drug-likeness (QED) is 0.293. The molecule has 0 radical (unpaired) electrons. The van der Waals surface area contributed by atoms with Gasteiger partial charge in [0.15, 0.2) is 5.13 Å². The maximum absolute atomic E-state index is 13.6. The summed E-state index contributed by atoms with van der Waals surface area (Å²) in [5.41, 5.74) is -0.217. The van der Waals surface area contributed by atoms with E-state index in [9.17, 15) is 22.8 Å². The van der Waals surface area contributed by atoms with E-state index in [0.717, 1.165) is 36.4 Å². The third-order valence-electron chi connectivity index (χ3n) is 8.14. The molecular formula is C30H35ClF3N7O3S. The van der Waals surface area contributed by atoms with Crippen LogP contribution in [0.1, 0.15) is 54.5 Å². The van der Waals surface area contributed by atoms with Gasteiger partial charge in [0.2, 0.25) is 0 Å². The largest absolute Gasteiger partial charge is 0.465 e. The predicted molar refractivity (Wildman–Crippen MR) is 167 cm³/mol. The number of nitrogens with one attached hydrogen (secondary N) is 1. The van der Waals surface area contributed by atoms with E-state index in [4.69, 9.17) is 16.3 Å². The van der Waals surface area contributed by atoms with Crippen molar-refractivity contribution in [2.45, 2.75) is 58.4 Å². The van der Waals surface area contributed by atoms with Gasteiger partial charge < -0.3 is 9.64 Å². The van der Waals surface area contributed by atoms with E-state index in [1.165, 1.54) is 29.8 Å². The number of esters is 1. The topological polar surface area (TPSA) is 104 Å². The van der Waals surface area contributed by atoms with Gasteiger partial charge in [-0.3, -0.25) is 24.7 Å². The minimum Gasteiger partial charge on any atom is -0.465 e. The van der Waals surface area contributed by atoms with Crippen LogP contribution < -0.4 is 10.2 Å². The first-order chi connectivity index (χ1) is 21.4. The molecule has 0 aliphatic carbocycles.